The number of rotatable bonds is 8. The Morgan fingerprint density at radius 1 is 1.08 bits per heavy atom. The van der Waals surface area contributed by atoms with Crippen molar-refractivity contribution in [3.63, 3.8) is 0 Å². The van der Waals surface area contributed by atoms with Crippen LogP contribution in [-0.4, -0.2) is 39.2 Å². The van der Waals surface area contributed by atoms with Gasteiger partial charge >= 0.3 is 5.97 Å². The van der Waals surface area contributed by atoms with Crippen LogP contribution in [0.3, 0.4) is 0 Å². The van der Waals surface area contributed by atoms with Crippen LogP contribution >= 0.6 is 0 Å². The number of carbonyl (C=O) groups is 2. The molecule has 0 fully saturated rings. The maximum atomic E-state index is 11.7. The molecule has 6 nitrogen and oxygen atoms in total. The monoisotopic (exact) mass is 337 g/mol. The molecule has 1 aromatic carbocycles. The predicted molar refractivity (Wildman–Crippen MR) is 91.3 cm³/mol. The van der Waals surface area contributed by atoms with Crippen LogP contribution in [0.25, 0.3) is 0 Å². The molecule has 6 heteroatoms. The highest BCUT2D eigenvalue weighted by Gasteiger charge is 2.17. The maximum absolute atomic E-state index is 11.7. The topological polar surface area (TPSA) is 73.9 Å². The second-order valence-electron chi connectivity index (χ2n) is 6.69. The van der Waals surface area contributed by atoms with Gasteiger partial charge in [-0.05, 0) is 29.5 Å². The second kappa shape index (κ2) is 9.15. The summed E-state index contributed by atoms with van der Waals surface area (Å²) in [6, 6.07) is 5.61. The molecule has 0 aliphatic heterocycles. The highest BCUT2D eigenvalue weighted by molar-refractivity contribution is 5.80. The fourth-order valence-electron chi connectivity index (χ4n) is 2.06. The van der Waals surface area contributed by atoms with Gasteiger partial charge in [0.1, 0.15) is 0 Å². The van der Waals surface area contributed by atoms with E-state index in [0.29, 0.717) is 24.5 Å². The Hall–Kier alpha value is -2.24. The van der Waals surface area contributed by atoms with Gasteiger partial charge in [0.15, 0.2) is 18.1 Å². The zero-order chi connectivity index (χ0) is 18.2. The van der Waals surface area contributed by atoms with Crippen molar-refractivity contribution in [2.45, 2.75) is 33.6 Å². The molecule has 0 atom stereocenters. The van der Waals surface area contributed by atoms with Crippen molar-refractivity contribution in [1.82, 2.24) is 5.32 Å². The third kappa shape index (κ3) is 7.35. The molecule has 0 unspecified atom stereocenters. The summed E-state index contributed by atoms with van der Waals surface area (Å²) in [6.45, 7) is 6.03. The van der Waals surface area contributed by atoms with Crippen LogP contribution in [0.5, 0.6) is 11.5 Å². The summed E-state index contributed by atoms with van der Waals surface area (Å²) >= 11 is 0. The number of carbonyl (C=O) groups excluding carboxylic acids is 2. The van der Waals surface area contributed by atoms with Gasteiger partial charge in [0.2, 0.25) is 0 Å². The van der Waals surface area contributed by atoms with Crippen LogP contribution in [0.15, 0.2) is 18.2 Å². The smallest absolute Gasteiger partial charge is 0.306 e. The molecule has 1 amide bonds. The first-order chi connectivity index (χ1) is 11.2. The highest BCUT2D eigenvalue weighted by Crippen LogP contribution is 2.27. The van der Waals surface area contributed by atoms with Crippen molar-refractivity contribution in [2.75, 3.05) is 27.4 Å². The van der Waals surface area contributed by atoms with E-state index in [9.17, 15) is 9.59 Å². The van der Waals surface area contributed by atoms with Crippen LogP contribution in [0, 0.1) is 5.41 Å². The Morgan fingerprint density at radius 2 is 1.75 bits per heavy atom. The molecule has 24 heavy (non-hydrogen) atoms. The maximum Gasteiger partial charge on any atom is 0.306 e. The molecular weight excluding hydrogens is 310 g/mol. The van der Waals surface area contributed by atoms with Crippen LogP contribution in [0.1, 0.15) is 32.8 Å². The summed E-state index contributed by atoms with van der Waals surface area (Å²) in [6.07, 6.45) is 0.925. The van der Waals surface area contributed by atoms with Gasteiger partial charge in [0.05, 0.1) is 20.6 Å². The van der Waals surface area contributed by atoms with Crippen LogP contribution < -0.4 is 14.8 Å². The van der Waals surface area contributed by atoms with Crippen molar-refractivity contribution in [3.05, 3.63) is 23.8 Å². The molecule has 0 aliphatic rings. The van der Waals surface area contributed by atoms with E-state index in [0.717, 1.165) is 5.56 Å². The number of amides is 1. The number of ether oxygens (including phenoxy) is 3. The average Bonchev–Trinajstić information content (AvgIpc) is 2.51. The number of esters is 1. The number of hydrogen-bond acceptors (Lipinski definition) is 5. The quantitative estimate of drug-likeness (QED) is 0.737. The molecule has 1 N–H and O–H groups in total. The Balaban J connectivity index is 2.34. The van der Waals surface area contributed by atoms with Crippen LogP contribution in [0.2, 0.25) is 0 Å². The molecule has 134 valence electrons. The first-order valence-corrected chi connectivity index (χ1v) is 7.88. The van der Waals surface area contributed by atoms with E-state index in [2.05, 4.69) is 5.32 Å². The Labute approximate surface area is 143 Å². The van der Waals surface area contributed by atoms with E-state index in [1.54, 1.807) is 14.2 Å². The number of methoxy groups -OCH3 is 2. The van der Waals surface area contributed by atoms with Gasteiger partial charge in [-0.15, -0.1) is 0 Å². The summed E-state index contributed by atoms with van der Waals surface area (Å²) in [4.78, 5) is 23.3. The van der Waals surface area contributed by atoms with E-state index < -0.39 is 0 Å². The van der Waals surface area contributed by atoms with Gasteiger partial charge < -0.3 is 19.5 Å². The minimum absolute atomic E-state index is 0.152. The molecule has 1 aromatic rings. The Morgan fingerprint density at radius 3 is 2.33 bits per heavy atom. The van der Waals surface area contributed by atoms with Gasteiger partial charge in [0, 0.05) is 6.54 Å². The van der Waals surface area contributed by atoms with Crippen molar-refractivity contribution >= 4 is 11.9 Å². The minimum Gasteiger partial charge on any atom is -0.493 e. The fourth-order valence-corrected chi connectivity index (χ4v) is 2.06. The molecule has 1 rings (SSSR count). The first kappa shape index (κ1) is 19.8. The first-order valence-electron chi connectivity index (χ1n) is 7.88. The third-order valence-electron chi connectivity index (χ3n) is 3.22. The van der Waals surface area contributed by atoms with Gasteiger partial charge in [-0.3, -0.25) is 9.59 Å². The van der Waals surface area contributed by atoms with Gasteiger partial charge in [0.25, 0.3) is 5.91 Å². The van der Waals surface area contributed by atoms with Crippen LogP contribution in [0.4, 0.5) is 0 Å². The van der Waals surface area contributed by atoms with E-state index in [1.165, 1.54) is 0 Å². The number of nitrogens with one attached hydrogen (secondary N) is 1. The zero-order valence-corrected chi connectivity index (χ0v) is 15.1. The molecular formula is C18H27NO5. The third-order valence-corrected chi connectivity index (χ3v) is 3.22. The summed E-state index contributed by atoms with van der Waals surface area (Å²) in [7, 11) is 3.16. The lowest BCUT2D eigenvalue weighted by Gasteiger charge is -2.16. The van der Waals surface area contributed by atoms with Crippen LogP contribution in [-0.2, 0) is 20.7 Å². The van der Waals surface area contributed by atoms with Gasteiger partial charge in [-0.25, -0.2) is 0 Å². The van der Waals surface area contributed by atoms with Crippen molar-refractivity contribution in [3.8, 4) is 11.5 Å². The molecule has 0 saturated heterocycles. The Bertz CT molecular complexity index is 563. The second-order valence-corrected chi connectivity index (χ2v) is 6.69. The van der Waals surface area contributed by atoms with Crippen molar-refractivity contribution < 1.29 is 23.8 Å². The summed E-state index contributed by atoms with van der Waals surface area (Å²) in [5, 5.41) is 2.73. The van der Waals surface area contributed by atoms with E-state index in [-0.39, 0.29) is 30.3 Å². The summed E-state index contributed by atoms with van der Waals surface area (Å²) in [5.41, 5.74) is 0.860. The van der Waals surface area contributed by atoms with E-state index in [1.807, 2.05) is 39.0 Å². The molecule has 0 heterocycles. The Kier molecular flexibility index (Phi) is 7.55. The molecule has 0 aromatic heterocycles. The zero-order valence-electron chi connectivity index (χ0n) is 15.1. The highest BCUT2D eigenvalue weighted by atomic mass is 16.5. The fraction of sp³-hybridized carbons (Fsp3) is 0.556. The van der Waals surface area contributed by atoms with Crippen molar-refractivity contribution in [2.24, 2.45) is 5.41 Å². The summed E-state index contributed by atoms with van der Waals surface area (Å²) < 4.78 is 15.4. The summed E-state index contributed by atoms with van der Waals surface area (Å²) in [5.74, 6) is 0.642. The molecule has 0 saturated carbocycles. The number of hydrogen-bond donors (Lipinski definition) is 1. The molecule has 0 aliphatic carbocycles. The van der Waals surface area contributed by atoms with E-state index in [4.69, 9.17) is 14.2 Å². The van der Waals surface area contributed by atoms with Crippen molar-refractivity contribution in [1.29, 1.82) is 0 Å². The minimum atomic E-state index is -0.363. The molecule has 0 spiro atoms. The predicted octanol–water partition coefficient (Wildman–Crippen LogP) is 2.34. The average molecular weight is 337 g/mol. The largest absolute Gasteiger partial charge is 0.493 e. The molecule has 0 radical (unpaired) electrons. The SMILES string of the molecule is COc1ccc(CCNC(=O)COC(=O)CC(C)(C)C)cc1OC. The van der Waals surface area contributed by atoms with E-state index >= 15 is 0 Å². The number of benzene rings is 1. The standard InChI is InChI=1S/C18H27NO5/c1-18(2,3)11-17(21)24-12-16(20)19-9-8-13-6-7-14(22-4)15(10-13)23-5/h6-7,10H,8-9,11-12H2,1-5H3,(H,19,20). The lowest BCUT2D eigenvalue weighted by atomic mass is 9.93. The van der Waals surface area contributed by atoms with Gasteiger partial charge in [-0.1, -0.05) is 26.8 Å². The lowest BCUT2D eigenvalue weighted by molar-refractivity contribution is -0.150. The van der Waals surface area contributed by atoms with Gasteiger partial charge in [-0.2, -0.15) is 0 Å². The molecule has 0 bridgehead atoms. The normalized spacial score (nSPS) is 10.9. The lowest BCUT2D eigenvalue weighted by Crippen LogP contribution is -2.31.